The van der Waals surface area contributed by atoms with Crippen molar-refractivity contribution in [3.63, 3.8) is 0 Å². The van der Waals surface area contributed by atoms with E-state index in [1.807, 2.05) is 37.3 Å². The van der Waals surface area contributed by atoms with Crippen LogP contribution in [0.15, 0.2) is 30.3 Å². The maximum absolute atomic E-state index is 10.8. The lowest BCUT2D eigenvalue weighted by atomic mass is 10.1. The van der Waals surface area contributed by atoms with Crippen LogP contribution in [0.1, 0.15) is 25.3 Å². The highest BCUT2D eigenvalue weighted by molar-refractivity contribution is 7.89. The van der Waals surface area contributed by atoms with Gasteiger partial charge < -0.3 is 4.74 Å². The van der Waals surface area contributed by atoms with Crippen molar-refractivity contribution >= 4 is 10.0 Å². The van der Waals surface area contributed by atoms with Crippen molar-refractivity contribution in [2.75, 3.05) is 12.4 Å². The Morgan fingerprint density at radius 1 is 1.22 bits per heavy atom. The van der Waals surface area contributed by atoms with E-state index in [1.165, 1.54) is 0 Å². The molecule has 0 aromatic heterocycles. The van der Waals surface area contributed by atoms with Gasteiger partial charge in [0.15, 0.2) is 0 Å². The highest BCUT2D eigenvalue weighted by Gasteiger charge is 2.08. The normalized spacial score (nSPS) is 13.4. The Labute approximate surface area is 109 Å². The van der Waals surface area contributed by atoms with Crippen molar-refractivity contribution in [2.24, 2.45) is 11.1 Å². The summed E-state index contributed by atoms with van der Waals surface area (Å²) in [6.07, 6.45) is 1.44. The van der Waals surface area contributed by atoms with Crippen molar-refractivity contribution in [3.8, 4) is 0 Å². The average Bonchev–Trinajstić information content (AvgIpc) is 2.33. The zero-order valence-corrected chi connectivity index (χ0v) is 11.5. The zero-order valence-electron chi connectivity index (χ0n) is 10.7. The molecule has 0 fully saturated rings. The summed E-state index contributed by atoms with van der Waals surface area (Å²) in [5.74, 6) is 0.353. The molecular weight excluding hydrogens is 250 g/mol. The van der Waals surface area contributed by atoms with Gasteiger partial charge in [-0.25, -0.2) is 13.6 Å². The molecule has 0 aliphatic heterocycles. The van der Waals surface area contributed by atoms with Gasteiger partial charge in [0.05, 0.1) is 12.4 Å². The van der Waals surface area contributed by atoms with Crippen molar-refractivity contribution in [1.82, 2.24) is 0 Å². The van der Waals surface area contributed by atoms with Crippen LogP contribution in [0.3, 0.4) is 0 Å². The predicted octanol–water partition coefficient (Wildman–Crippen LogP) is 1.91. The number of ether oxygens (including phenoxy) is 1. The van der Waals surface area contributed by atoms with Crippen molar-refractivity contribution < 1.29 is 13.2 Å². The number of benzene rings is 1. The van der Waals surface area contributed by atoms with E-state index >= 15 is 0 Å². The first-order chi connectivity index (χ1) is 8.47. The fourth-order valence-corrected chi connectivity index (χ4v) is 2.29. The third-order valence-electron chi connectivity index (χ3n) is 2.76. The number of primary sulfonamides is 1. The molecule has 0 saturated carbocycles. The van der Waals surface area contributed by atoms with Crippen molar-refractivity contribution in [2.45, 2.75) is 26.4 Å². The summed E-state index contributed by atoms with van der Waals surface area (Å²) in [6, 6.07) is 9.97. The molecule has 102 valence electrons. The summed E-state index contributed by atoms with van der Waals surface area (Å²) in [4.78, 5) is 0. The smallest absolute Gasteiger partial charge is 0.209 e. The Balaban J connectivity index is 2.11. The molecule has 1 unspecified atom stereocenters. The highest BCUT2D eigenvalue weighted by Crippen LogP contribution is 2.09. The largest absolute Gasteiger partial charge is 0.377 e. The molecule has 18 heavy (non-hydrogen) atoms. The second-order valence-corrected chi connectivity index (χ2v) is 6.32. The van der Waals surface area contributed by atoms with Crippen LogP contribution in [0.5, 0.6) is 0 Å². The van der Waals surface area contributed by atoms with Crippen molar-refractivity contribution in [3.05, 3.63) is 35.9 Å². The van der Waals surface area contributed by atoms with Gasteiger partial charge in [0.1, 0.15) is 0 Å². The maximum Gasteiger partial charge on any atom is 0.209 e. The number of hydrogen-bond donors (Lipinski definition) is 1. The van der Waals surface area contributed by atoms with E-state index in [1.54, 1.807) is 0 Å². The lowest BCUT2D eigenvalue weighted by Crippen LogP contribution is -2.18. The van der Waals surface area contributed by atoms with E-state index in [9.17, 15) is 8.42 Å². The highest BCUT2D eigenvalue weighted by atomic mass is 32.2. The van der Waals surface area contributed by atoms with E-state index in [4.69, 9.17) is 9.88 Å². The average molecular weight is 271 g/mol. The van der Waals surface area contributed by atoms with Gasteiger partial charge in [0.25, 0.3) is 0 Å². The molecule has 1 aromatic carbocycles. The van der Waals surface area contributed by atoms with E-state index in [-0.39, 0.29) is 5.75 Å². The first kappa shape index (κ1) is 15.1. The molecule has 0 aliphatic rings. The molecule has 0 radical (unpaired) electrons. The lowest BCUT2D eigenvalue weighted by Gasteiger charge is -2.10. The minimum atomic E-state index is -3.33. The van der Waals surface area contributed by atoms with E-state index in [0.717, 1.165) is 12.0 Å². The molecule has 1 atom stereocenters. The van der Waals surface area contributed by atoms with Gasteiger partial charge >= 0.3 is 0 Å². The molecule has 0 amide bonds. The second kappa shape index (κ2) is 7.51. The van der Waals surface area contributed by atoms with Crippen LogP contribution in [0.2, 0.25) is 0 Å². The van der Waals surface area contributed by atoms with Gasteiger partial charge in [0, 0.05) is 6.61 Å². The third kappa shape index (κ3) is 7.42. The van der Waals surface area contributed by atoms with Crippen LogP contribution in [0.4, 0.5) is 0 Å². The fourth-order valence-electron chi connectivity index (χ4n) is 1.56. The minimum Gasteiger partial charge on any atom is -0.377 e. The van der Waals surface area contributed by atoms with Crippen LogP contribution >= 0.6 is 0 Å². The van der Waals surface area contributed by atoms with Gasteiger partial charge in [-0.2, -0.15) is 0 Å². The molecule has 0 heterocycles. The lowest BCUT2D eigenvalue weighted by molar-refractivity contribution is 0.108. The quantitative estimate of drug-likeness (QED) is 0.734. The summed E-state index contributed by atoms with van der Waals surface area (Å²) in [5.41, 5.74) is 1.15. The number of hydrogen-bond acceptors (Lipinski definition) is 3. The molecule has 5 heteroatoms. The Kier molecular flexibility index (Phi) is 6.32. The van der Waals surface area contributed by atoms with Gasteiger partial charge in [0.2, 0.25) is 10.0 Å². The summed E-state index contributed by atoms with van der Waals surface area (Å²) in [7, 11) is -3.33. The standard InChI is InChI=1S/C13H21NO3S/c1-12(8-10-18(14,15)16)7-9-17-11-13-5-3-2-4-6-13/h2-6,12H,7-11H2,1H3,(H2,14,15,16). The topological polar surface area (TPSA) is 69.4 Å². The summed E-state index contributed by atoms with van der Waals surface area (Å²) in [6.45, 7) is 3.25. The Morgan fingerprint density at radius 2 is 1.89 bits per heavy atom. The van der Waals surface area contributed by atoms with Gasteiger partial charge in [-0.15, -0.1) is 0 Å². The maximum atomic E-state index is 10.8. The van der Waals surface area contributed by atoms with Gasteiger partial charge in [-0.05, 0) is 24.3 Å². The summed E-state index contributed by atoms with van der Waals surface area (Å²) >= 11 is 0. The van der Waals surface area contributed by atoms with Crippen LogP contribution in [0.25, 0.3) is 0 Å². The van der Waals surface area contributed by atoms with E-state index < -0.39 is 10.0 Å². The van der Waals surface area contributed by atoms with Crippen LogP contribution < -0.4 is 5.14 Å². The number of sulfonamides is 1. The molecule has 0 spiro atoms. The SMILES string of the molecule is CC(CCOCc1ccccc1)CCS(N)(=O)=O. The van der Waals surface area contributed by atoms with Gasteiger partial charge in [-0.1, -0.05) is 37.3 Å². The first-order valence-corrected chi connectivity index (χ1v) is 7.81. The minimum absolute atomic E-state index is 0.0485. The molecule has 0 saturated heterocycles. The number of nitrogens with two attached hydrogens (primary N) is 1. The Hall–Kier alpha value is -0.910. The molecular formula is C13H21NO3S. The van der Waals surface area contributed by atoms with Crippen LogP contribution in [0, 0.1) is 5.92 Å². The van der Waals surface area contributed by atoms with Crippen LogP contribution in [-0.2, 0) is 21.4 Å². The van der Waals surface area contributed by atoms with Crippen LogP contribution in [-0.4, -0.2) is 20.8 Å². The van der Waals surface area contributed by atoms with Gasteiger partial charge in [-0.3, -0.25) is 0 Å². The Bertz CT molecular complexity index is 431. The molecule has 4 nitrogen and oxygen atoms in total. The molecule has 0 aliphatic carbocycles. The molecule has 0 bridgehead atoms. The van der Waals surface area contributed by atoms with E-state index in [0.29, 0.717) is 25.6 Å². The third-order valence-corrected chi connectivity index (χ3v) is 3.57. The fraction of sp³-hybridized carbons (Fsp3) is 0.538. The molecule has 1 aromatic rings. The predicted molar refractivity (Wildman–Crippen MR) is 72.5 cm³/mol. The summed E-state index contributed by atoms with van der Waals surface area (Å²) < 4.78 is 27.1. The Morgan fingerprint density at radius 3 is 2.50 bits per heavy atom. The van der Waals surface area contributed by atoms with Crippen molar-refractivity contribution in [1.29, 1.82) is 0 Å². The zero-order chi connectivity index (χ0) is 13.4. The second-order valence-electron chi connectivity index (χ2n) is 4.59. The monoisotopic (exact) mass is 271 g/mol. The van der Waals surface area contributed by atoms with E-state index in [2.05, 4.69) is 0 Å². The molecule has 2 N–H and O–H groups in total. The number of rotatable bonds is 8. The first-order valence-electron chi connectivity index (χ1n) is 6.09. The summed E-state index contributed by atoms with van der Waals surface area (Å²) in [5, 5.41) is 4.96. The molecule has 1 rings (SSSR count).